The topological polar surface area (TPSA) is 151 Å². The molecule has 2 N–H and O–H groups in total. The largest absolute Gasteiger partial charge is 0.459 e. The number of thiocarbonyl (C=S) groups is 1. The van der Waals surface area contributed by atoms with Crippen LogP contribution in [0.3, 0.4) is 0 Å². The predicted octanol–water partition coefficient (Wildman–Crippen LogP) is 9.15. The quantitative estimate of drug-likeness (QED) is 0.0396. The number of para-hydroxylation sites is 1. The van der Waals surface area contributed by atoms with Crippen LogP contribution in [0.25, 0.3) is 0 Å². The molecule has 1 unspecified atom stereocenters. The van der Waals surface area contributed by atoms with E-state index in [1.807, 2.05) is 61.5 Å². The first-order valence-electron chi connectivity index (χ1n) is 19.8. The van der Waals surface area contributed by atoms with Gasteiger partial charge in [-0.1, -0.05) is 120 Å². The molecule has 1 aliphatic heterocycles. The number of nitrogens with one attached hydrogen (secondary N) is 2. The second-order valence-corrected chi connectivity index (χ2v) is 15.5. The fourth-order valence-electron chi connectivity index (χ4n) is 6.34. The maximum Gasteiger partial charge on any atom is 0.338 e. The molecule has 1 fully saturated rings. The summed E-state index contributed by atoms with van der Waals surface area (Å²) in [6.45, 7) is 1.49. The molecule has 318 valence electrons. The number of hydrogen-bond acceptors (Lipinski definition) is 11. The van der Waals surface area contributed by atoms with Crippen molar-refractivity contribution in [2.45, 2.75) is 36.8 Å². The monoisotopic (exact) mass is 879 g/mol. The van der Waals surface area contributed by atoms with Crippen molar-refractivity contribution >= 4 is 69.5 Å². The summed E-state index contributed by atoms with van der Waals surface area (Å²) in [5.41, 5.74) is 1.89. The van der Waals surface area contributed by atoms with Crippen LogP contribution in [0.2, 0.25) is 0 Å². The van der Waals surface area contributed by atoms with E-state index in [1.54, 1.807) is 121 Å². The highest BCUT2D eigenvalue weighted by Crippen LogP contribution is 2.36. The number of hydrogen-bond donors (Lipinski definition) is 2. The minimum atomic E-state index is -1.56. The van der Waals surface area contributed by atoms with Gasteiger partial charge in [0.1, 0.15) is 12.7 Å². The minimum Gasteiger partial charge on any atom is -0.459 e. The zero-order valence-electron chi connectivity index (χ0n) is 33.8. The molecule has 6 aromatic rings. The lowest BCUT2D eigenvalue weighted by Gasteiger charge is -2.44. The Bertz CT molecular complexity index is 2520. The normalized spacial score (nSPS) is 18.2. The van der Waals surface area contributed by atoms with Crippen LogP contribution >= 0.6 is 24.0 Å². The Kier molecular flexibility index (Phi) is 15.1. The van der Waals surface area contributed by atoms with Gasteiger partial charge in [0.25, 0.3) is 0 Å². The molecule has 1 aliphatic rings. The number of carbonyl (C=O) groups excluding carboxylic acids is 4. The van der Waals surface area contributed by atoms with Crippen molar-refractivity contribution in [1.82, 2.24) is 0 Å². The first-order valence-corrected chi connectivity index (χ1v) is 21.1. The van der Waals surface area contributed by atoms with Gasteiger partial charge in [0.15, 0.2) is 34.0 Å². The summed E-state index contributed by atoms with van der Waals surface area (Å²) < 4.78 is 31.2. The summed E-state index contributed by atoms with van der Waals surface area (Å²) in [7, 11) is 0. The number of thioether (sulfide) groups is 1. The molecule has 6 aromatic carbocycles. The van der Waals surface area contributed by atoms with Crippen LogP contribution in [0.4, 0.5) is 11.4 Å². The maximum atomic E-state index is 14.1. The standard InChI is InChI=1S/C49H41N3O9S2/c1-32-27-29-38(30-28-32)50-48(62)52-49(51-37-25-15-6-16-26-37)63-47-42(61-46(56)36-23-13-5-14-24-36)41(60-45(55)35-21-11-4-12-22-35)40(59-44(54)34-19-9-3-10-20-34)39(58-47)31-57-43(53)33-17-7-2-8-18-33/h2-30,39-42,47H,31H2,1H3,(H2,50,51,52,62)/t39-,40-,41+,42-,47?/m1/s1. The molecular formula is C49H41N3O9S2. The molecule has 7 rings (SSSR count). The lowest BCUT2D eigenvalue weighted by Crippen LogP contribution is -2.62. The molecule has 0 aromatic heterocycles. The highest BCUT2D eigenvalue weighted by atomic mass is 32.2. The number of aliphatic imine (C=N–C) groups is 1. The maximum absolute atomic E-state index is 14.1. The van der Waals surface area contributed by atoms with Crippen molar-refractivity contribution in [3.8, 4) is 0 Å². The molecule has 63 heavy (non-hydrogen) atoms. The average molecular weight is 880 g/mol. The van der Waals surface area contributed by atoms with Gasteiger partial charge in [0.05, 0.1) is 22.3 Å². The molecular weight excluding hydrogens is 839 g/mol. The summed E-state index contributed by atoms with van der Waals surface area (Å²) in [4.78, 5) is 60.2. The van der Waals surface area contributed by atoms with E-state index in [9.17, 15) is 19.2 Å². The van der Waals surface area contributed by atoms with Gasteiger partial charge in [-0.05, 0) is 91.9 Å². The van der Waals surface area contributed by atoms with Crippen LogP contribution in [0.15, 0.2) is 181 Å². The fourth-order valence-corrected chi connectivity index (χ4v) is 7.69. The second-order valence-electron chi connectivity index (χ2n) is 14.0. The highest BCUT2D eigenvalue weighted by Gasteiger charge is 2.54. The Morgan fingerprint density at radius 2 is 0.952 bits per heavy atom. The third-order valence-corrected chi connectivity index (χ3v) is 10.7. The van der Waals surface area contributed by atoms with Gasteiger partial charge in [0, 0.05) is 11.4 Å². The first kappa shape index (κ1) is 43.9. The SMILES string of the molecule is Cc1ccc(NC(=S)/N=C(\Nc2ccccc2)SC2O[C@H](COC(=O)c3ccccc3)[C@@H](OC(=O)c3ccccc3)[C@H](OC(=O)c3ccccc3)[C@H]2OC(=O)c2ccccc2)cc1. The second kappa shape index (κ2) is 21.6. The number of esters is 4. The number of benzene rings is 6. The molecule has 0 saturated carbocycles. The van der Waals surface area contributed by atoms with Crippen LogP contribution in [0.1, 0.15) is 47.0 Å². The number of amidine groups is 1. The lowest BCUT2D eigenvalue weighted by molar-refractivity contribution is -0.207. The predicted molar refractivity (Wildman–Crippen MR) is 245 cm³/mol. The van der Waals surface area contributed by atoms with Crippen molar-refractivity contribution in [1.29, 1.82) is 0 Å². The Morgan fingerprint density at radius 1 is 0.540 bits per heavy atom. The lowest BCUT2D eigenvalue weighted by atomic mass is 9.98. The number of rotatable bonds is 12. The van der Waals surface area contributed by atoms with Crippen LogP contribution in [-0.4, -0.2) is 70.6 Å². The third-order valence-electron chi connectivity index (χ3n) is 9.50. The number of anilines is 2. The van der Waals surface area contributed by atoms with Crippen LogP contribution in [0.5, 0.6) is 0 Å². The average Bonchev–Trinajstić information content (AvgIpc) is 3.32. The molecule has 0 aliphatic carbocycles. The fraction of sp³-hybridized carbons (Fsp3) is 0.143. The van der Waals surface area contributed by atoms with Crippen LogP contribution < -0.4 is 10.6 Å². The zero-order valence-corrected chi connectivity index (χ0v) is 35.4. The van der Waals surface area contributed by atoms with E-state index in [1.165, 1.54) is 0 Å². The molecule has 14 heteroatoms. The number of ether oxygens (including phenoxy) is 5. The van der Waals surface area contributed by atoms with E-state index in [4.69, 9.17) is 40.9 Å². The van der Waals surface area contributed by atoms with Crippen LogP contribution in [0, 0.1) is 6.92 Å². The number of nitrogens with zero attached hydrogens (tertiary/aromatic N) is 1. The van der Waals surface area contributed by atoms with E-state index in [-0.39, 0.29) is 32.5 Å². The molecule has 0 bridgehead atoms. The van der Waals surface area contributed by atoms with E-state index < -0.39 is 60.3 Å². The van der Waals surface area contributed by atoms with Gasteiger partial charge in [-0.2, -0.15) is 4.99 Å². The summed E-state index contributed by atoms with van der Waals surface area (Å²) >= 11 is 6.68. The smallest absolute Gasteiger partial charge is 0.338 e. The third kappa shape index (κ3) is 12.3. The Balaban J connectivity index is 1.32. The van der Waals surface area contributed by atoms with Crippen LogP contribution in [-0.2, 0) is 23.7 Å². The van der Waals surface area contributed by atoms with Gasteiger partial charge < -0.3 is 34.3 Å². The molecule has 5 atom stereocenters. The number of carbonyl (C=O) groups is 4. The van der Waals surface area contributed by atoms with Gasteiger partial charge >= 0.3 is 23.9 Å². The first-order chi connectivity index (χ1) is 30.7. The van der Waals surface area contributed by atoms with Gasteiger partial charge in [-0.25, -0.2) is 19.2 Å². The van der Waals surface area contributed by atoms with Gasteiger partial charge in [-0.15, -0.1) is 0 Å². The highest BCUT2D eigenvalue weighted by molar-refractivity contribution is 8.14. The van der Waals surface area contributed by atoms with Crippen molar-refractivity contribution in [2.75, 3.05) is 17.2 Å². The number of aryl methyl sites for hydroxylation is 1. The Morgan fingerprint density at radius 3 is 1.44 bits per heavy atom. The van der Waals surface area contributed by atoms with Crippen molar-refractivity contribution in [3.05, 3.63) is 204 Å². The summed E-state index contributed by atoms with van der Waals surface area (Å²) in [6.07, 6.45) is -5.86. The molecule has 1 heterocycles. The molecule has 0 radical (unpaired) electrons. The molecule has 0 spiro atoms. The van der Waals surface area contributed by atoms with Crippen molar-refractivity contribution in [3.63, 3.8) is 0 Å². The Hall–Kier alpha value is -7.13. The van der Waals surface area contributed by atoms with Gasteiger partial charge in [-0.3, -0.25) is 0 Å². The zero-order chi connectivity index (χ0) is 44.0. The van der Waals surface area contributed by atoms with Crippen molar-refractivity contribution < 1.29 is 42.9 Å². The van der Waals surface area contributed by atoms with Gasteiger partial charge in [0.2, 0.25) is 0 Å². The van der Waals surface area contributed by atoms with E-state index in [0.29, 0.717) is 11.4 Å². The Labute approximate surface area is 373 Å². The molecule has 12 nitrogen and oxygen atoms in total. The summed E-state index contributed by atoms with van der Waals surface area (Å²) in [5, 5.41) is 6.66. The summed E-state index contributed by atoms with van der Waals surface area (Å²) in [6, 6.07) is 49.6. The summed E-state index contributed by atoms with van der Waals surface area (Å²) in [5.74, 6) is -3.09. The van der Waals surface area contributed by atoms with E-state index in [2.05, 4.69) is 10.6 Å². The minimum absolute atomic E-state index is 0.0773. The van der Waals surface area contributed by atoms with E-state index >= 15 is 0 Å². The van der Waals surface area contributed by atoms with E-state index in [0.717, 1.165) is 17.3 Å². The molecule has 1 saturated heterocycles. The van der Waals surface area contributed by atoms with Crippen molar-refractivity contribution in [2.24, 2.45) is 4.99 Å². The molecule has 0 amide bonds.